The van der Waals surface area contributed by atoms with Gasteiger partial charge in [-0.15, -0.1) is 4.83 Å². The molecule has 35 heavy (non-hydrogen) atoms. The van der Waals surface area contributed by atoms with E-state index in [4.69, 9.17) is 0 Å². The molecule has 1 unspecified atom stereocenters. The molecular formula is C26H24N4O4S. The van der Waals surface area contributed by atoms with Crippen molar-refractivity contribution in [1.29, 1.82) is 0 Å². The van der Waals surface area contributed by atoms with Crippen LogP contribution in [0.5, 0.6) is 0 Å². The van der Waals surface area contributed by atoms with Gasteiger partial charge in [-0.1, -0.05) is 54.6 Å². The number of rotatable bonds is 6. The first-order valence-electron chi connectivity index (χ1n) is 11.1. The number of fused-ring (bicyclic) bond motifs is 2. The second-order valence-corrected chi connectivity index (χ2v) is 10.1. The molecule has 1 atom stereocenters. The maximum atomic E-state index is 13.4. The molecule has 2 amide bonds. The molecule has 0 saturated heterocycles. The number of aryl methyl sites for hydroxylation is 1. The van der Waals surface area contributed by atoms with Crippen molar-refractivity contribution in [3.05, 3.63) is 101 Å². The highest BCUT2D eigenvalue weighted by Gasteiger charge is 2.40. The van der Waals surface area contributed by atoms with Gasteiger partial charge < -0.3 is 9.47 Å². The first-order chi connectivity index (χ1) is 16.8. The number of carbonyl (C=O) groups excluding carboxylic acids is 2. The Morgan fingerprint density at radius 1 is 0.943 bits per heavy atom. The van der Waals surface area contributed by atoms with E-state index in [1.165, 1.54) is 17.0 Å². The number of benzene rings is 3. The lowest BCUT2D eigenvalue weighted by Gasteiger charge is -2.26. The Bertz CT molecular complexity index is 1560. The van der Waals surface area contributed by atoms with Crippen LogP contribution >= 0.6 is 0 Å². The van der Waals surface area contributed by atoms with E-state index < -0.39 is 22.0 Å². The van der Waals surface area contributed by atoms with Crippen molar-refractivity contribution < 1.29 is 18.0 Å². The summed E-state index contributed by atoms with van der Waals surface area (Å²) in [5.41, 5.74) is 6.54. The summed E-state index contributed by atoms with van der Waals surface area (Å²) in [6.45, 7) is 1.67. The van der Waals surface area contributed by atoms with E-state index in [2.05, 4.69) is 14.8 Å². The topological polar surface area (TPSA) is 101 Å². The molecule has 9 heteroatoms. The molecule has 5 rings (SSSR count). The zero-order valence-corrected chi connectivity index (χ0v) is 20.0. The van der Waals surface area contributed by atoms with E-state index in [1.807, 2.05) is 50.4 Å². The molecule has 2 N–H and O–H groups in total. The second-order valence-electron chi connectivity index (χ2n) is 8.46. The summed E-state index contributed by atoms with van der Waals surface area (Å²) in [6, 6.07) is 22.5. The highest BCUT2D eigenvalue weighted by atomic mass is 32.2. The van der Waals surface area contributed by atoms with Gasteiger partial charge in [-0.25, -0.2) is 8.42 Å². The highest BCUT2D eigenvalue weighted by Crippen LogP contribution is 2.43. The number of para-hydroxylation sites is 1. The minimum absolute atomic E-state index is 0.0224. The van der Waals surface area contributed by atoms with Gasteiger partial charge in [0.05, 0.1) is 10.9 Å². The summed E-state index contributed by atoms with van der Waals surface area (Å²) >= 11 is 0. The molecule has 178 valence electrons. The third-order valence-electron chi connectivity index (χ3n) is 6.47. The highest BCUT2D eigenvalue weighted by molar-refractivity contribution is 7.89. The number of carbonyl (C=O) groups is 2. The van der Waals surface area contributed by atoms with Crippen molar-refractivity contribution in [3.63, 3.8) is 0 Å². The van der Waals surface area contributed by atoms with Crippen molar-refractivity contribution in [1.82, 2.24) is 19.7 Å². The number of amides is 2. The quantitative estimate of drug-likeness (QED) is 0.408. The summed E-state index contributed by atoms with van der Waals surface area (Å²) in [6.07, 6.45) is 0. The van der Waals surface area contributed by atoms with Crippen LogP contribution in [0.1, 0.15) is 33.2 Å². The number of nitrogens with zero attached hydrogens (tertiary/aromatic N) is 2. The summed E-state index contributed by atoms with van der Waals surface area (Å²) in [5, 5.41) is 0.997. The fraction of sp³-hybridized carbons (Fsp3) is 0.154. The molecule has 1 aliphatic rings. The van der Waals surface area contributed by atoms with Crippen LogP contribution in [0, 0.1) is 6.92 Å². The minimum Gasteiger partial charge on any atom is -0.348 e. The van der Waals surface area contributed by atoms with Gasteiger partial charge in [0.15, 0.2) is 0 Å². The SMILES string of the molecule is Cc1c(C2c3ccccc3C(=O)N2CC(=O)NNS(=O)(=O)c2ccccc2)c2ccccc2n1C. The maximum Gasteiger partial charge on any atom is 0.257 e. The van der Waals surface area contributed by atoms with Crippen LogP contribution < -0.4 is 10.3 Å². The molecule has 3 aromatic carbocycles. The van der Waals surface area contributed by atoms with Gasteiger partial charge in [0.1, 0.15) is 6.54 Å². The van der Waals surface area contributed by atoms with Crippen LogP contribution in [0.2, 0.25) is 0 Å². The standard InChI is InChI=1S/C26H24N4O4S/c1-17-24(21-14-8-9-15-22(21)29(17)2)25-19-12-6-7-13-20(19)26(32)30(25)16-23(31)27-28-35(33,34)18-10-4-3-5-11-18/h3-15,25,28H,16H2,1-2H3,(H,27,31). The molecule has 4 aromatic rings. The number of aromatic nitrogens is 1. The number of sulfonamides is 1. The molecular weight excluding hydrogens is 464 g/mol. The third-order valence-corrected chi connectivity index (χ3v) is 7.74. The Balaban J connectivity index is 1.47. The molecule has 8 nitrogen and oxygen atoms in total. The zero-order chi connectivity index (χ0) is 24.7. The van der Waals surface area contributed by atoms with Crippen LogP contribution in [0.15, 0.2) is 83.8 Å². The third kappa shape index (κ3) is 3.88. The Hall–Kier alpha value is -3.95. The molecule has 0 bridgehead atoms. The molecule has 0 fully saturated rings. The predicted octanol–water partition coefficient (Wildman–Crippen LogP) is 3.04. The van der Waals surface area contributed by atoms with Crippen LogP contribution in [-0.4, -0.2) is 36.2 Å². The molecule has 0 radical (unpaired) electrons. The van der Waals surface area contributed by atoms with Gasteiger partial charge in [0, 0.05) is 34.8 Å². The lowest BCUT2D eigenvalue weighted by Crippen LogP contribution is -2.47. The van der Waals surface area contributed by atoms with E-state index in [9.17, 15) is 18.0 Å². The molecule has 1 aromatic heterocycles. The fourth-order valence-electron chi connectivity index (χ4n) is 4.72. The summed E-state index contributed by atoms with van der Waals surface area (Å²) in [4.78, 5) is 29.9. The smallest absolute Gasteiger partial charge is 0.257 e. The fourth-order valence-corrected chi connectivity index (χ4v) is 5.60. The van der Waals surface area contributed by atoms with Gasteiger partial charge >= 0.3 is 0 Å². The molecule has 0 saturated carbocycles. The minimum atomic E-state index is -3.94. The van der Waals surface area contributed by atoms with E-state index in [0.29, 0.717) is 5.56 Å². The van der Waals surface area contributed by atoms with E-state index >= 15 is 0 Å². The average Bonchev–Trinajstić information content (AvgIpc) is 3.28. The largest absolute Gasteiger partial charge is 0.348 e. The van der Waals surface area contributed by atoms with Crippen molar-refractivity contribution >= 4 is 32.7 Å². The van der Waals surface area contributed by atoms with Crippen LogP contribution in [0.3, 0.4) is 0 Å². The Morgan fingerprint density at radius 2 is 1.60 bits per heavy atom. The van der Waals surface area contributed by atoms with E-state index in [1.54, 1.807) is 30.3 Å². The predicted molar refractivity (Wildman–Crippen MR) is 132 cm³/mol. The van der Waals surface area contributed by atoms with Gasteiger partial charge in [-0.05, 0) is 36.8 Å². The van der Waals surface area contributed by atoms with E-state index in [-0.39, 0.29) is 17.3 Å². The Kier molecular flexibility index (Phi) is 5.66. The van der Waals surface area contributed by atoms with Crippen LogP contribution in [-0.2, 0) is 21.9 Å². The summed E-state index contributed by atoms with van der Waals surface area (Å²) in [7, 11) is -1.97. The van der Waals surface area contributed by atoms with Crippen molar-refractivity contribution in [3.8, 4) is 0 Å². The monoisotopic (exact) mass is 488 g/mol. The zero-order valence-electron chi connectivity index (χ0n) is 19.2. The number of hydrazine groups is 1. The lowest BCUT2D eigenvalue weighted by molar-refractivity contribution is -0.122. The normalized spacial score (nSPS) is 15.4. The number of hydrogen-bond donors (Lipinski definition) is 2. The van der Waals surface area contributed by atoms with Gasteiger partial charge in [-0.2, -0.15) is 0 Å². The van der Waals surface area contributed by atoms with Gasteiger partial charge in [0.25, 0.3) is 21.8 Å². The molecule has 2 heterocycles. The maximum absolute atomic E-state index is 13.4. The first kappa shape index (κ1) is 22.8. The average molecular weight is 489 g/mol. The second kappa shape index (κ2) is 8.68. The van der Waals surface area contributed by atoms with Crippen molar-refractivity contribution in [2.45, 2.75) is 17.9 Å². The van der Waals surface area contributed by atoms with Crippen LogP contribution in [0.25, 0.3) is 10.9 Å². The summed E-state index contributed by atoms with van der Waals surface area (Å²) in [5.74, 6) is -0.924. The van der Waals surface area contributed by atoms with Gasteiger partial charge in [0.2, 0.25) is 0 Å². The van der Waals surface area contributed by atoms with Crippen molar-refractivity contribution in [2.24, 2.45) is 7.05 Å². The van der Waals surface area contributed by atoms with Gasteiger partial charge in [-0.3, -0.25) is 15.0 Å². The lowest BCUT2D eigenvalue weighted by atomic mass is 9.95. The molecule has 0 aliphatic carbocycles. The van der Waals surface area contributed by atoms with Crippen LogP contribution in [0.4, 0.5) is 0 Å². The Labute approximate surface area is 203 Å². The number of nitrogens with one attached hydrogen (secondary N) is 2. The van der Waals surface area contributed by atoms with E-state index in [0.717, 1.165) is 27.7 Å². The van der Waals surface area contributed by atoms with Crippen molar-refractivity contribution in [2.75, 3.05) is 6.54 Å². The molecule has 1 aliphatic heterocycles. The molecule has 0 spiro atoms. The Morgan fingerprint density at radius 3 is 2.37 bits per heavy atom. The first-order valence-corrected chi connectivity index (χ1v) is 12.6. The number of hydrogen-bond acceptors (Lipinski definition) is 4. The summed E-state index contributed by atoms with van der Waals surface area (Å²) < 4.78 is 27.0.